The summed E-state index contributed by atoms with van der Waals surface area (Å²) in [6.07, 6.45) is 6.85. The average Bonchev–Trinajstić information content (AvgIpc) is 3.05. The van der Waals surface area contributed by atoms with Crippen LogP contribution in [0.3, 0.4) is 0 Å². The molecule has 1 aliphatic rings. The summed E-state index contributed by atoms with van der Waals surface area (Å²) in [7, 11) is 0. The summed E-state index contributed by atoms with van der Waals surface area (Å²) < 4.78 is 1.87. The van der Waals surface area contributed by atoms with E-state index in [4.69, 9.17) is 6.42 Å². The number of aryl methyl sites for hydroxylation is 1. The number of amides is 2. The largest absolute Gasteiger partial charge is 0.318 e. The fraction of sp³-hybridized carbons (Fsp3) is 0.158. The Morgan fingerprint density at radius 1 is 1.30 bits per heavy atom. The lowest BCUT2D eigenvalue weighted by Crippen LogP contribution is -2.28. The van der Waals surface area contributed by atoms with E-state index in [0.717, 1.165) is 33.6 Å². The van der Waals surface area contributed by atoms with E-state index < -0.39 is 16.1 Å². The molecule has 2 heterocycles. The molecule has 2 aromatic rings. The molecule has 0 atom stereocenters. The predicted molar refractivity (Wildman–Crippen MR) is 103 cm³/mol. The second kappa shape index (κ2) is 7.13. The number of hydrogen-bond donors (Lipinski definition) is 0. The summed E-state index contributed by atoms with van der Waals surface area (Å²) >= 11 is 0.847. The highest BCUT2D eigenvalue weighted by Gasteiger charge is 2.34. The summed E-state index contributed by atoms with van der Waals surface area (Å²) in [5, 5.41) is 10.6. The maximum absolute atomic E-state index is 12.3. The standard InChI is InChI=1S/C19H15N3O4S/c1-4-8-20-18(23)17(27-19(20)24)10-14-9-12(2)21(13(14)3)15-6-5-7-16(11-15)22(25)26/h1,5-7,9-11H,8H2,2-3H3/b17-10-. The first kappa shape index (κ1) is 18.5. The number of nitrogens with zero attached hydrogens (tertiary/aromatic N) is 3. The maximum Gasteiger partial charge on any atom is 0.294 e. The lowest BCUT2D eigenvalue weighted by Gasteiger charge is -2.09. The summed E-state index contributed by atoms with van der Waals surface area (Å²) in [5.74, 6) is 1.89. The Morgan fingerprint density at radius 3 is 2.70 bits per heavy atom. The van der Waals surface area contributed by atoms with Gasteiger partial charge in [-0.15, -0.1) is 6.42 Å². The van der Waals surface area contributed by atoms with E-state index in [2.05, 4.69) is 5.92 Å². The number of rotatable bonds is 4. The van der Waals surface area contributed by atoms with Crippen LogP contribution in [0.15, 0.2) is 35.2 Å². The molecule has 27 heavy (non-hydrogen) atoms. The van der Waals surface area contributed by atoms with Gasteiger partial charge in [0.2, 0.25) is 0 Å². The highest BCUT2D eigenvalue weighted by molar-refractivity contribution is 8.18. The number of hydrogen-bond acceptors (Lipinski definition) is 5. The Hall–Kier alpha value is -3.31. The van der Waals surface area contributed by atoms with Crippen LogP contribution in [-0.2, 0) is 4.79 Å². The van der Waals surface area contributed by atoms with Crippen molar-refractivity contribution in [3.05, 3.63) is 62.3 Å². The highest BCUT2D eigenvalue weighted by Crippen LogP contribution is 2.33. The Balaban J connectivity index is 2.02. The van der Waals surface area contributed by atoms with Crippen molar-refractivity contribution >= 4 is 34.7 Å². The van der Waals surface area contributed by atoms with Crippen LogP contribution in [0.4, 0.5) is 10.5 Å². The summed E-state index contributed by atoms with van der Waals surface area (Å²) in [6.45, 7) is 3.66. The molecule has 2 amide bonds. The van der Waals surface area contributed by atoms with Gasteiger partial charge in [-0.2, -0.15) is 0 Å². The van der Waals surface area contributed by atoms with Gasteiger partial charge in [0.05, 0.1) is 22.1 Å². The topological polar surface area (TPSA) is 85.4 Å². The molecule has 0 bridgehead atoms. The van der Waals surface area contributed by atoms with E-state index in [0.29, 0.717) is 10.6 Å². The molecule has 1 aliphatic heterocycles. The third-order valence-electron chi connectivity index (χ3n) is 4.18. The Bertz CT molecular complexity index is 1050. The van der Waals surface area contributed by atoms with Crippen LogP contribution in [0.2, 0.25) is 0 Å². The van der Waals surface area contributed by atoms with Crippen LogP contribution in [0, 0.1) is 36.3 Å². The molecule has 8 heteroatoms. The lowest BCUT2D eigenvalue weighted by molar-refractivity contribution is -0.384. The normalized spacial score (nSPS) is 15.4. The molecule has 1 aromatic heterocycles. The number of nitro groups is 1. The number of non-ortho nitro benzene ring substituents is 1. The van der Waals surface area contributed by atoms with Crippen molar-refractivity contribution in [3.63, 3.8) is 0 Å². The Morgan fingerprint density at radius 2 is 2.04 bits per heavy atom. The van der Waals surface area contributed by atoms with Crippen molar-refractivity contribution in [1.29, 1.82) is 0 Å². The third-order valence-corrected chi connectivity index (χ3v) is 5.09. The molecule has 1 aromatic carbocycles. The van der Waals surface area contributed by atoms with Crippen molar-refractivity contribution in [2.45, 2.75) is 13.8 Å². The molecule has 0 N–H and O–H groups in total. The molecule has 7 nitrogen and oxygen atoms in total. The van der Waals surface area contributed by atoms with Crippen molar-refractivity contribution in [1.82, 2.24) is 9.47 Å². The number of carbonyl (C=O) groups excluding carboxylic acids is 2. The molecule has 0 unspecified atom stereocenters. The number of nitro benzene ring substituents is 1. The van der Waals surface area contributed by atoms with Gasteiger partial charge in [0.15, 0.2) is 0 Å². The number of carbonyl (C=O) groups is 2. The molecule has 136 valence electrons. The first-order chi connectivity index (χ1) is 12.8. The van der Waals surface area contributed by atoms with Gasteiger partial charge >= 0.3 is 0 Å². The van der Waals surface area contributed by atoms with Gasteiger partial charge in [-0.05, 0) is 49.4 Å². The summed E-state index contributed by atoms with van der Waals surface area (Å²) in [6, 6.07) is 8.18. The van der Waals surface area contributed by atoms with Crippen molar-refractivity contribution in [3.8, 4) is 18.0 Å². The Kier molecular flexibility index (Phi) is 4.88. The van der Waals surface area contributed by atoms with Gasteiger partial charge in [-0.3, -0.25) is 24.6 Å². The van der Waals surface area contributed by atoms with E-state index in [-0.39, 0.29) is 12.2 Å². The zero-order valence-electron chi connectivity index (χ0n) is 14.6. The number of imide groups is 1. The van der Waals surface area contributed by atoms with Crippen LogP contribution >= 0.6 is 11.8 Å². The summed E-state index contributed by atoms with van der Waals surface area (Å²) in [4.78, 5) is 36.2. The molecular formula is C19H15N3O4S. The molecule has 1 saturated heterocycles. The predicted octanol–water partition coefficient (Wildman–Crippen LogP) is 3.67. The van der Waals surface area contributed by atoms with E-state index >= 15 is 0 Å². The SMILES string of the molecule is C#CCN1C(=O)S/C(=C\c2cc(C)n(-c3cccc([N+](=O)[O-])c3)c2C)C1=O. The van der Waals surface area contributed by atoms with Gasteiger partial charge in [-0.1, -0.05) is 12.0 Å². The van der Waals surface area contributed by atoms with Crippen LogP contribution in [0.25, 0.3) is 11.8 Å². The third kappa shape index (κ3) is 3.37. The van der Waals surface area contributed by atoms with Crippen LogP contribution in [0.1, 0.15) is 17.0 Å². The zero-order chi connectivity index (χ0) is 19.7. The van der Waals surface area contributed by atoms with E-state index in [1.165, 1.54) is 12.1 Å². The number of benzene rings is 1. The number of terminal acetylenes is 1. The number of aromatic nitrogens is 1. The molecule has 3 rings (SSSR count). The maximum atomic E-state index is 12.3. The average molecular weight is 381 g/mol. The zero-order valence-corrected chi connectivity index (χ0v) is 15.4. The highest BCUT2D eigenvalue weighted by atomic mass is 32.2. The van der Waals surface area contributed by atoms with E-state index in [9.17, 15) is 19.7 Å². The summed E-state index contributed by atoms with van der Waals surface area (Å²) in [5.41, 5.74) is 3.06. The molecule has 0 radical (unpaired) electrons. The van der Waals surface area contributed by atoms with Gasteiger partial charge in [0.25, 0.3) is 16.8 Å². The minimum atomic E-state index is -0.444. The Labute approximate surface area is 159 Å². The van der Waals surface area contributed by atoms with Crippen molar-refractivity contribution in [2.24, 2.45) is 0 Å². The second-order valence-corrected chi connectivity index (χ2v) is 6.90. The first-order valence-corrected chi connectivity index (χ1v) is 8.77. The van der Waals surface area contributed by atoms with Gasteiger partial charge in [0, 0.05) is 23.5 Å². The molecule has 1 fully saturated rings. The molecule has 0 aliphatic carbocycles. The lowest BCUT2D eigenvalue weighted by atomic mass is 10.2. The smallest absolute Gasteiger partial charge is 0.294 e. The molecule has 0 spiro atoms. The van der Waals surface area contributed by atoms with Crippen LogP contribution in [0.5, 0.6) is 0 Å². The van der Waals surface area contributed by atoms with Crippen LogP contribution in [-0.4, -0.2) is 32.1 Å². The second-order valence-electron chi connectivity index (χ2n) is 5.91. The molecule has 0 saturated carbocycles. The molecular weight excluding hydrogens is 366 g/mol. The van der Waals surface area contributed by atoms with Crippen LogP contribution < -0.4 is 0 Å². The van der Waals surface area contributed by atoms with Gasteiger partial charge in [0.1, 0.15) is 0 Å². The van der Waals surface area contributed by atoms with Gasteiger partial charge < -0.3 is 4.57 Å². The quantitative estimate of drug-likeness (QED) is 0.349. The minimum Gasteiger partial charge on any atom is -0.318 e. The number of thioether (sulfide) groups is 1. The minimum absolute atomic E-state index is 0.00282. The monoisotopic (exact) mass is 381 g/mol. The van der Waals surface area contributed by atoms with E-state index in [1.54, 1.807) is 18.2 Å². The van der Waals surface area contributed by atoms with Crippen molar-refractivity contribution in [2.75, 3.05) is 6.54 Å². The fourth-order valence-electron chi connectivity index (χ4n) is 2.95. The van der Waals surface area contributed by atoms with E-state index in [1.807, 2.05) is 24.5 Å². The van der Waals surface area contributed by atoms with Crippen molar-refractivity contribution < 1.29 is 14.5 Å². The van der Waals surface area contributed by atoms with Gasteiger partial charge in [-0.25, -0.2) is 0 Å². The first-order valence-electron chi connectivity index (χ1n) is 7.96. The fourth-order valence-corrected chi connectivity index (χ4v) is 3.77.